The van der Waals surface area contributed by atoms with Crippen molar-refractivity contribution in [2.75, 3.05) is 0 Å². The molecule has 1 unspecified atom stereocenters. The van der Waals surface area contributed by atoms with Crippen molar-refractivity contribution in [3.63, 3.8) is 0 Å². The van der Waals surface area contributed by atoms with Crippen LogP contribution in [0.25, 0.3) is 0 Å². The number of rotatable bonds is 4. The molecule has 0 saturated heterocycles. The Morgan fingerprint density at radius 1 is 1.14 bits per heavy atom. The van der Waals surface area contributed by atoms with Crippen LogP contribution in [0.15, 0.2) is 18.3 Å². The fraction of sp³-hybridized carbons (Fsp3) is 0.737. The van der Waals surface area contributed by atoms with Gasteiger partial charge in [-0.3, -0.25) is 4.98 Å². The van der Waals surface area contributed by atoms with Gasteiger partial charge in [-0.15, -0.1) is 11.6 Å². The van der Waals surface area contributed by atoms with Crippen LogP contribution in [0, 0.1) is 30.1 Å². The van der Waals surface area contributed by atoms with Gasteiger partial charge in [-0.2, -0.15) is 0 Å². The largest absolute Gasteiger partial charge is 0.261 e. The van der Waals surface area contributed by atoms with Gasteiger partial charge < -0.3 is 0 Å². The van der Waals surface area contributed by atoms with Gasteiger partial charge in [0.25, 0.3) is 0 Å². The molecule has 4 bridgehead atoms. The van der Waals surface area contributed by atoms with Gasteiger partial charge in [0.05, 0.1) is 0 Å². The average molecular weight is 304 g/mol. The van der Waals surface area contributed by atoms with Crippen molar-refractivity contribution in [3.05, 3.63) is 29.6 Å². The first-order chi connectivity index (χ1) is 10.1. The molecule has 0 aliphatic heterocycles. The maximum absolute atomic E-state index is 6.75. The molecule has 21 heavy (non-hydrogen) atoms. The highest BCUT2D eigenvalue weighted by Crippen LogP contribution is 2.61. The van der Waals surface area contributed by atoms with E-state index in [1.807, 2.05) is 6.20 Å². The van der Waals surface area contributed by atoms with Gasteiger partial charge in [0, 0.05) is 23.7 Å². The van der Waals surface area contributed by atoms with E-state index >= 15 is 0 Å². The molecular weight excluding hydrogens is 278 g/mol. The third-order valence-corrected chi connectivity index (χ3v) is 6.53. The molecule has 1 atom stereocenters. The summed E-state index contributed by atoms with van der Waals surface area (Å²) in [6.07, 6.45) is 13.1. The minimum Gasteiger partial charge on any atom is -0.261 e. The van der Waals surface area contributed by atoms with Crippen LogP contribution in [0.4, 0.5) is 0 Å². The van der Waals surface area contributed by atoms with Gasteiger partial charge in [0.15, 0.2) is 0 Å². The summed E-state index contributed by atoms with van der Waals surface area (Å²) in [6.45, 7) is 2.09. The Balaban J connectivity index is 1.42. The Morgan fingerprint density at radius 3 is 2.29 bits per heavy atom. The molecule has 0 amide bonds. The van der Waals surface area contributed by atoms with Crippen molar-refractivity contribution in [1.29, 1.82) is 0 Å². The summed E-state index contributed by atoms with van der Waals surface area (Å²) in [5.74, 6) is 3.08. The normalized spacial score (nSPS) is 38.7. The van der Waals surface area contributed by atoms with E-state index in [0.29, 0.717) is 5.41 Å². The van der Waals surface area contributed by atoms with Crippen molar-refractivity contribution in [3.8, 4) is 0 Å². The third kappa shape index (κ3) is 2.86. The number of alkyl halides is 1. The van der Waals surface area contributed by atoms with E-state index < -0.39 is 0 Å². The predicted molar refractivity (Wildman–Crippen MR) is 87.5 cm³/mol. The average Bonchev–Trinajstić information content (AvgIpc) is 2.39. The molecule has 0 spiro atoms. The van der Waals surface area contributed by atoms with Crippen LogP contribution in [0.3, 0.4) is 0 Å². The zero-order chi connectivity index (χ0) is 14.4. The molecule has 0 radical (unpaired) electrons. The second-order valence-electron chi connectivity index (χ2n) is 8.25. The van der Waals surface area contributed by atoms with Crippen molar-refractivity contribution >= 4 is 11.6 Å². The zero-order valence-corrected chi connectivity index (χ0v) is 13.8. The highest BCUT2D eigenvalue weighted by Gasteiger charge is 2.51. The Bertz CT molecular complexity index is 472. The van der Waals surface area contributed by atoms with Gasteiger partial charge in [0.1, 0.15) is 0 Å². The van der Waals surface area contributed by atoms with E-state index in [-0.39, 0.29) is 5.38 Å². The smallest absolute Gasteiger partial charge is 0.0418 e. The number of nitrogens with zero attached hydrogens (tertiary/aromatic N) is 1. The van der Waals surface area contributed by atoms with Crippen LogP contribution in [0.1, 0.15) is 56.2 Å². The fourth-order valence-electron chi connectivity index (χ4n) is 5.93. The van der Waals surface area contributed by atoms with Crippen LogP contribution < -0.4 is 0 Å². The molecule has 1 heterocycles. The number of hydrogen-bond acceptors (Lipinski definition) is 1. The summed E-state index contributed by atoms with van der Waals surface area (Å²) in [7, 11) is 0. The minimum atomic E-state index is 0.261. The first-order valence-electron chi connectivity index (χ1n) is 8.66. The maximum Gasteiger partial charge on any atom is 0.0418 e. The Labute approximate surface area is 133 Å². The van der Waals surface area contributed by atoms with Crippen LogP contribution in [0.2, 0.25) is 0 Å². The molecule has 1 nitrogen and oxygen atoms in total. The molecule has 0 N–H and O–H groups in total. The minimum absolute atomic E-state index is 0.261. The van der Waals surface area contributed by atoms with Crippen LogP contribution in [0.5, 0.6) is 0 Å². The third-order valence-electron chi connectivity index (χ3n) is 6.22. The monoisotopic (exact) mass is 303 g/mol. The topological polar surface area (TPSA) is 12.9 Å². The lowest BCUT2D eigenvalue weighted by atomic mass is 9.48. The van der Waals surface area contributed by atoms with E-state index in [4.69, 9.17) is 11.6 Å². The standard InChI is InChI=1S/C19H26ClN/c1-13-2-3-18(21-12-13)7-17(20)11-19-8-14-4-15(9-19)6-16(5-14)10-19/h2-3,12,14-17H,4-11H2,1H3. The molecule has 4 fully saturated rings. The molecule has 2 heteroatoms. The highest BCUT2D eigenvalue weighted by atomic mass is 35.5. The van der Waals surface area contributed by atoms with Crippen molar-refractivity contribution in [1.82, 2.24) is 4.98 Å². The maximum atomic E-state index is 6.75. The molecule has 1 aromatic heterocycles. The summed E-state index contributed by atoms with van der Waals surface area (Å²) in [4.78, 5) is 4.53. The van der Waals surface area contributed by atoms with Crippen LogP contribution in [-0.2, 0) is 6.42 Å². The Kier molecular flexibility index (Phi) is 3.52. The summed E-state index contributed by atoms with van der Waals surface area (Å²) in [5, 5.41) is 0.261. The quantitative estimate of drug-likeness (QED) is 0.701. The molecule has 1 aromatic rings. The highest BCUT2D eigenvalue weighted by molar-refractivity contribution is 6.20. The predicted octanol–water partition coefficient (Wildman–Crippen LogP) is 5.15. The van der Waals surface area contributed by atoms with Gasteiger partial charge in [-0.25, -0.2) is 0 Å². The zero-order valence-electron chi connectivity index (χ0n) is 13.0. The lowest BCUT2D eigenvalue weighted by Crippen LogP contribution is -2.47. The second-order valence-corrected chi connectivity index (χ2v) is 8.87. The number of aryl methyl sites for hydroxylation is 1. The Morgan fingerprint density at radius 2 is 1.76 bits per heavy atom. The second kappa shape index (κ2) is 5.26. The van der Waals surface area contributed by atoms with E-state index in [9.17, 15) is 0 Å². The number of halogens is 1. The van der Waals surface area contributed by atoms with Crippen molar-refractivity contribution in [2.45, 2.75) is 63.7 Å². The molecule has 4 aliphatic carbocycles. The van der Waals surface area contributed by atoms with Crippen molar-refractivity contribution < 1.29 is 0 Å². The molecule has 0 aromatic carbocycles. The first kappa shape index (κ1) is 14.1. The van der Waals surface area contributed by atoms with E-state index in [2.05, 4.69) is 24.0 Å². The first-order valence-corrected chi connectivity index (χ1v) is 9.09. The van der Waals surface area contributed by atoms with E-state index in [0.717, 1.165) is 29.9 Å². The molecule has 114 valence electrons. The summed E-state index contributed by atoms with van der Waals surface area (Å²) in [6, 6.07) is 4.29. The summed E-state index contributed by atoms with van der Waals surface area (Å²) < 4.78 is 0. The molecule has 4 aliphatic rings. The summed E-state index contributed by atoms with van der Waals surface area (Å²) >= 11 is 6.75. The number of pyridine rings is 1. The van der Waals surface area contributed by atoms with E-state index in [1.54, 1.807) is 0 Å². The Hall–Kier alpha value is -0.560. The molecule has 5 rings (SSSR count). The van der Waals surface area contributed by atoms with Gasteiger partial charge in [0.2, 0.25) is 0 Å². The number of hydrogen-bond donors (Lipinski definition) is 0. The number of aromatic nitrogens is 1. The fourth-order valence-corrected chi connectivity index (χ4v) is 6.41. The van der Waals surface area contributed by atoms with Crippen LogP contribution >= 0.6 is 11.6 Å². The molecule has 4 saturated carbocycles. The van der Waals surface area contributed by atoms with Gasteiger partial charge in [-0.05, 0) is 86.7 Å². The summed E-state index contributed by atoms with van der Waals surface area (Å²) in [5.41, 5.74) is 2.97. The van der Waals surface area contributed by atoms with Crippen LogP contribution in [-0.4, -0.2) is 10.4 Å². The van der Waals surface area contributed by atoms with E-state index in [1.165, 1.54) is 50.5 Å². The lowest BCUT2D eigenvalue weighted by Gasteiger charge is -2.57. The lowest BCUT2D eigenvalue weighted by molar-refractivity contribution is -0.0574. The SMILES string of the molecule is Cc1ccc(CC(Cl)CC23CC4CC(CC(C4)C2)C3)nc1. The van der Waals surface area contributed by atoms with Crippen molar-refractivity contribution in [2.24, 2.45) is 23.2 Å². The van der Waals surface area contributed by atoms with Gasteiger partial charge in [-0.1, -0.05) is 6.07 Å². The molecular formula is C19H26ClN. The van der Waals surface area contributed by atoms with Gasteiger partial charge >= 0.3 is 0 Å².